The van der Waals surface area contributed by atoms with E-state index in [2.05, 4.69) is 4.98 Å². The number of rotatable bonds is 11. The van der Waals surface area contributed by atoms with Crippen molar-refractivity contribution in [1.82, 2.24) is 4.98 Å². The van der Waals surface area contributed by atoms with Crippen LogP contribution < -0.4 is 19.1 Å². The second-order valence-electron chi connectivity index (χ2n) is 9.94. The molecule has 2 heterocycles. The average molecular weight is 629 g/mol. The van der Waals surface area contributed by atoms with Crippen LogP contribution in [0.2, 0.25) is 0 Å². The highest BCUT2D eigenvalue weighted by molar-refractivity contribution is 7.17. The Morgan fingerprint density at radius 3 is 2.36 bits per heavy atom. The van der Waals surface area contributed by atoms with Gasteiger partial charge in [0, 0.05) is 5.56 Å². The summed E-state index contributed by atoms with van der Waals surface area (Å²) in [6.45, 7) is 5.93. The van der Waals surface area contributed by atoms with Gasteiger partial charge in [-0.15, -0.1) is 0 Å². The molecule has 11 heteroatoms. The number of esters is 1. The minimum absolute atomic E-state index is 0.110. The van der Waals surface area contributed by atoms with Gasteiger partial charge in [-0.2, -0.15) is 0 Å². The number of aryl methyl sites for hydroxylation is 1. The first-order chi connectivity index (χ1) is 21.8. The standard InChI is InChI=1S/C34H32N2O8S/c1-5-42-26-18-23(14-17-25(26)44-19-21-10-8-7-9-11-21)28-27(29(37)22-12-15-24(41-4)16-13-22)30(38)32(39)36(28)34-35-20(3)31(45-34)33(40)43-6-2/h7-18,28,37H,5-6,19H2,1-4H3. The minimum atomic E-state index is -1.10. The number of carbonyl (C=O) groups excluding carboxylic acids is 3. The summed E-state index contributed by atoms with van der Waals surface area (Å²) in [5.41, 5.74) is 1.95. The van der Waals surface area contributed by atoms with Crippen LogP contribution in [0.15, 0.2) is 78.4 Å². The molecule has 5 rings (SSSR count). The van der Waals surface area contributed by atoms with Gasteiger partial charge in [-0.25, -0.2) is 9.78 Å². The molecule has 1 fully saturated rings. The summed E-state index contributed by atoms with van der Waals surface area (Å²) in [5.74, 6) is -1.34. The zero-order valence-electron chi connectivity index (χ0n) is 25.2. The zero-order chi connectivity index (χ0) is 32.1. The fourth-order valence-corrected chi connectivity index (χ4v) is 5.93. The van der Waals surface area contributed by atoms with Crippen LogP contribution in [-0.4, -0.2) is 48.1 Å². The van der Waals surface area contributed by atoms with Gasteiger partial charge in [-0.1, -0.05) is 47.7 Å². The van der Waals surface area contributed by atoms with Gasteiger partial charge in [-0.05, 0) is 68.3 Å². The van der Waals surface area contributed by atoms with Gasteiger partial charge in [0.1, 0.15) is 23.0 Å². The van der Waals surface area contributed by atoms with Gasteiger partial charge >= 0.3 is 11.9 Å². The Kier molecular flexibility index (Phi) is 9.48. The first-order valence-electron chi connectivity index (χ1n) is 14.3. The van der Waals surface area contributed by atoms with Crippen LogP contribution in [0, 0.1) is 6.92 Å². The van der Waals surface area contributed by atoms with Crippen LogP contribution in [0.5, 0.6) is 17.2 Å². The average Bonchev–Trinajstić information content (AvgIpc) is 3.56. The highest BCUT2D eigenvalue weighted by Gasteiger charge is 2.48. The van der Waals surface area contributed by atoms with Crippen molar-refractivity contribution in [2.24, 2.45) is 0 Å². The Labute approximate surface area is 264 Å². The lowest BCUT2D eigenvalue weighted by atomic mass is 9.95. The van der Waals surface area contributed by atoms with E-state index in [9.17, 15) is 19.5 Å². The number of ether oxygens (including phenoxy) is 4. The number of benzene rings is 3. The van der Waals surface area contributed by atoms with E-state index in [1.807, 2.05) is 37.3 Å². The second kappa shape index (κ2) is 13.6. The van der Waals surface area contributed by atoms with Crippen molar-refractivity contribution in [3.8, 4) is 17.2 Å². The fraction of sp³-hybridized carbons (Fsp3) is 0.235. The Morgan fingerprint density at radius 2 is 1.69 bits per heavy atom. The Hall–Kier alpha value is -5.16. The molecule has 1 atom stereocenters. The topological polar surface area (TPSA) is 124 Å². The molecule has 0 radical (unpaired) electrons. The minimum Gasteiger partial charge on any atom is -0.507 e. The summed E-state index contributed by atoms with van der Waals surface area (Å²) < 4.78 is 22.4. The van der Waals surface area contributed by atoms with Crippen molar-refractivity contribution in [1.29, 1.82) is 0 Å². The summed E-state index contributed by atoms with van der Waals surface area (Å²) in [4.78, 5) is 45.9. The summed E-state index contributed by atoms with van der Waals surface area (Å²) >= 11 is 0.937. The number of amides is 1. The van der Waals surface area contributed by atoms with E-state index in [1.165, 1.54) is 12.0 Å². The van der Waals surface area contributed by atoms with Crippen molar-refractivity contribution < 1.29 is 38.4 Å². The molecule has 1 unspecified atom stereocenters. The van der Waals surface area contributed by atoms with Crippen molar-refractivity contribution in [2.75, 3.05) is 25.2 Å². The van der Waals surface area contributed by atoms with Gasteiger partial charge in [0.25, 0.3) is 5.78 Å². The SMILES string of the molecule is CCOC(=O)c1sc(N2C(=O)C(=O)C(=C(O)c3ccc(OC)cc3)C2c2ccc(OCc3ccccc3)c(OCC)c2)nc1C. The van der Waals surface area contributed by atoms with Crippen LogP contribution in [0.4, 0.5) is 5.13 Å². The number of carbonyl (C=O) groups is 3. The highest BCUT2D eigenvalue weighted by Crippen LogP contribution is 2.45. The summed E-state index contributed by atoms with van der Waals surface area (Å²) in [6.07, 6.45) is 0. The summed E-state index contributed by atoms with van der Waals surface area (Å²) in [6, 6.07) is 20.1. The van der Waals surface area contributed by atoms with Crippen LogP contribution >= 0.6 is 11.3 Å². The molecule has 1 saturated heterocycles. The van der Waals surface area contributed by atoms with Gasteiger partial charge in [0.05, 0.1) is 37.6 Å². The van der Waals surface area contributed by atoms with Crippen molar-refractivity contribution >= 4 is 39.9 Å². The van der Waals surface area contributed by atoms with Crippen molar-refractivity contribution in [3.63, 3.8) is 0 Å². The number of nitrogens with zero attached hydrogens (tertiary/aromatic N) is 2. The third-order valence-electron chi connectivity index (χ3n) is 7.08. The molecule has 3 aromatic carbocycles. The third kappa shape index (κ3) is 6.39. The molecule has 0 aliphatic carbocycles. The fourth-order valence-electron chi connectivity index (χ4n) is 4.94. The quantitative estimate of drug-likeness (QED) is 0.0889. The number of thiazole rings is 1. The Morgan fingerprint density at radius 1 is 0.956 bits per heavy atom. The number of aliphatic hydroxyl groups is 1. The second-order valence-corrected chi connectivity index (χ2v) is 10.9. The van der Waals surface area contributed by atoms with Crippen molar-refractivity contribution in [2.45, 2.75) is 33.4 Å². The largest absolute Gasteiger partial charge is 0.507 e. The predicted octanol–water partition coefficient (Wildman–Crippen LogP) is 6.24. The van der Waals surface area contributed by atoms with Crippen LogP contribution in [0.3, 0.4) is 0 Å². The first kappa shape index (κ1) is 31.3. The molecule has 1 aromatic heterocycles. The lowest BCUT2D eigenvalue weighted by molar-refractivity contribution is -0.132. The van der Waals surface area contributed by atoms with Gasteiger partial charge in [-0.3, -0.25) is 14.5 Å². The third-order valence-corrected chi connectivity index (χ3v) is 8.22. The maximum absolute atomic E-state index is 13.7. The van der Waals surface area contributed by atoms with E-state index in [-0.39, 0.29) is 27.9 Å². The highest BCUT2D eigenvalue weighted by atomic mass is 32.1. The Balaban J connectivity index is 1.64. The Bertz CT molecular complexity index is 1750. The molecule has 0 bridgehead atoms. The maximum Gasteiger partial charge on any atom is 0.350 e. The van der Waals surface area contributed by atoms with Gasteiger partial charge < -0.3 is 24.1 Å². The van der Waals surface area contributed by atoms with Crippen molar-refractivity contribution in [3.05, 3.63) is 106 Å². The zero-order valence-corrected chi connectivity index (χ0v) is 26.1. The number of anilines is 1. The first-order valence-corrected chi connectivity index (χ1v) is 15.1. The van der Waals surface area contributed by atoms with Gasteiger partial charge in [0.15, 0.2) is 16.6 Å². The van der Waals surface area contributed by atoms with Crippen LogP contribution in [0.25, 0.3) is 5.76 Å². The van der Waals surface area contributed by atoms with Crippen LogP contribution in [-0.2, 0) is 20.9 Å². The van der Waals surface area contributed by atoms with E-state index in [1.54, 1.807) is 56.3 Å². The van der Waals surface area contributed by atoms with Crippen LogP contribution in [0.1, 0.15) is 51.9 Å². The van der Waals surface area contributed by atoms with E-state index >= 15 is 0 Å². The summed E-state index contributed by atoms with van der Waals surface area (Å²) in [5, 5.41) is 11.6. The number of ketones is 1. The molecule has 0 spiro atoms. The molecular weight excluding hydrogens is 596 g/mol. The summed E-state index contributed by atoms with van der Waals surface area (Å²) in [7, 11) is 1.52. The normalized spacial score (nSPS) is 15.6. The number of hydrogen-bond acceptors (Lipinski definition) is 10. The number of aromatic nitrogens is 1. The van der Waals surface area contributed by atoms with E-state index in [4.69, 9.17) is 18.9 Å². The molecule has 45 heavy (non-hydrogen) atoms. The van der Waals surface area contributed by atoms with Gasteiger partial charge in [0.2, 0.25) is 0 Å². The number of hydrogen-bond donors (Lipinski definition) is 1. The molecule has 10 nitrogen and oxygen atoms in total. The molecule has 1 N–H and O–H groups in total. The monoisotopic (exact) mass is 628 g/mol. The molecule has 232 valence electrons. The van der Waals surface area contributed by atoms with E-state index in [0.717, 1.165) is 16.9 Å². The number of methoxy groups -OCH3 is 1. The number of Topliss-reactive ketones (excluding diaryl/α,β-unsaturated/α-hetero) is 1. The lowest BCUT2D eigenvalue weighted by Gasteiger charge is -2.24. The molecule has 0 saturated carbocycles. The van der Waals surface area contributed by atoms with E-state index < -0.39 is 23.7 Å². The van der Waals surface area contributed by atoms with E-state index in [0.29, 0.717) is 47.3 Å². The number of aliphatic hydroxyl groups excluding tert-OH is 1. The molecule has 1 aliphatic rings. The predicted molar refractivity (Wildman–Crippen MR) is 169 cm³/mol. The maximum atomic E-state index is 13.7. The molecule has 4 aromatic rings. The molecule has 1 amide bonds. The lowest BCUT2D eigenvalue weighted by Crippen LogP contribution is -2.29. The molecular formula is C34H32N2O8S. The molecule has 1 aliphatic heterocycles. The smallest absolute Gasteiger partial charge is 0.350 e.